The second kappa shape index (κ2) is 4.16. The smallest absolute Gasteiger partial charge is 0.352 e. The van der Waals surface area contributed by atoms with Crippen molar-refractivity contribution in [3.63, 3.8) is 0 Å². The molecule has 17 heavy (non-hydrogen) atoms. The van der Waals surface area contributed by atoms with Gasteiger partial charge in [0.15, 0.2) is 5.82 Å². The lowest BCUT2D eigenvalue weighted by molar-refractivity contribution is 0.0684. The maximum Gasteiger partial charge on any atom is 0.352 e. The van der Waals surface area contributed by atoms with Crippen LogP contribution >= 0.6 is 0 Å². The Bertz CT molecular complexity index is 615. The van der Waals surface area contributed by atoms with Gasteiger partial charge in [-0.05, 0) is 11.3 Å². The Morgan fingerprint density at radius 2 is 2.24 bits per heavy atom. The van der Waals surface area contributed by atoms with Gasteiger partial charge in [-0.1, -0.05) is 6.07 Å². The Kier molecular flexibility index (Phi) is 2.69. The SMILES string of the molecule is Cn1nnc(Cn2c(C(=O)O)cccc2=O)n1. The minimum Gasteiger partial charge on any atom is -0.477 e. The molecule has 0 saturated heterocycles. The molecule has 2 aromatic heterocycles. The number of rotatable bonds is 3. The van der Waals surface area contributed by atoms with Crippen LogP contribution in [0.4, 0.5) is 0 Å². The second-order valence-corrected chi connectivity index (χ2v) is 3.34. The number of hydrogen-bond donors (Lipinski definition) is 1. The lowest BCUT2D eigenvalue weighted by atomic mass is 10.3. The summed E-state index contributed by atoms with van der Waals surface area (Å²) >= 11 is 0. The fraction of sp³-hybridized carbons (Fsp3) is 0.222. The summed E-state index contributed by atoms with van der Waals surface area (Å²) in [5, 5.41) is 20.2. The van der Waals surface area contributed by atoms with Crippen LogP contribution in [-0.4, -0.2) is 35.9 Å². The van der Waals surface area contributed by atoms with Crippen LogP contribution in [0.5, 0.6) is 0 Å². The van der Waals surface area contributed by atoms with Crippen molar-refractivity contribution in [2.75, 3.05) is 0 Å². The molecule has 2 rings (SSSR count). The zero-order valence-corrected chi connectivity index (χ0v) is 8.94. The lowest BCUT2D eigenvalue weighted by Crippen LogP contribution is -2.26. The highest BCUT2D eigenvalue weighted by Crippen LogP contribution is 1.99. The molecule has 1 N–H and O–H groups in total. The van der Waals surface area contributed by atoms with Gasteiger partial charge in [0.05, 0.1) is 13.6 Å². The predicted molar refractivity (Wildman–Crippen MR) is 55.6 cm³/mol. The van der Waals surface area contributed by atoms with E-state index in [1.165, 1.54) is 23.0 Å². The number of tetrazole rings is 1. The molecule has 0 saturated carbocycles. The van der Waals surface area contributed by atoms with Crippen LogP contribution in [0.25, 0.3) is 0 Å². The van der Waals surface area contributed by atoms with Crippen molar-refractivity contribution in [1.82, 2.24) is 24.8 Å². The molecule has 0 radical (unpaired) electrons. The van der Waals surface area contributed by atoms with E-state index in [1.807, 2.05) is 0 Å². The number of carbonyl (C=O) groups is 1. The third-order valence-corrected chi connectivity index (χ3v) is 2.12. The van der Waals surface area contributed by atoms with Crippen LogP contribution in [0.15, 0.2) is 23.0 Å². The molecule has 0 bridgehead atoms. The second-order valence-electron chi connectivity index (χ2n) is 3.34. The molecule has 0 amide bonds. The molecule has 8 heteroatoms. The number of aromatic nitrogens is 5. The van der Waals surface area contributed by atoms with Crippen LogP contribution in [0.1, 0.15) is 16.3 Å². The van der Waals surface area contributed by atoms with Gasteiger partial charge in [0, 0.05) is 6.07 Å². The molecule has 0 aliphatic heterocycles. The van der Waals surface area contributed by atoms with Crippen LogP contribution in [0.2, 0.25) is 0 Å². The maximum absolute atomic E-state index is 11.6. The number of hydrogen-bond acceptors (Lipinski definition) is 5. The molecule has 0 aliphatic carbocycles. The standard InChI is InChI=1S/C9H9N5O3/c1-13-11-7(10-12-13)5-14-6(9(16)17)3-2-4-8(14)15/h2-4H,5H2,1H3,(H,16,17). The molecule has 0 atom stereocenters. The van der Waals surface area contributed by atoms with Crippen molar-refractivity contribution in [3.8, 4) is 0 Å². The average Bonchev–Trinajstić information content (AvgIpc) is 2.67. The first-order valence-corrected chi connectivity index (χ1v) is 4.74. The number of aromatic carboxylic acids is 1. The minimum absolute atomic E-state index is 0.0187. The fourth-order valence-corrected chi connectivity index (χ4v) is 1.40. The number of pyridine rings is 1. The van der Waals surface area contributed by atoms with E-state index in [1.54, 1.807) is 7.05 Å². The Morgan fingerprint density at radius 1 is 1.47 bits per heavy atom. The van der Waals surface area contributed by atoms with Crippen molar-refractivity contribution in [2.24, 2.45) is 7.05 Å². The lowest BCUT2D eigenvalue weighted by Gasteiger charge is -2.05. The summed E-state index contributed by atoms with van der Waals surface area (Å²) in [5.41, 5.74) is -0.526. The Hall–Kier alpha value is -2.51. The van der Waals surface area contributed by atoms with E-state index in [4.69, 9.17) is 5.11 Å². The monoisotopic (exact) mass is 235 g/mol. The van der Waals surface area contributed by atoms with E-state index in [9.17, 15) is 9.59 Å². The highest BCUT2D eigenvalue weighted by atomic mass is 16.4. The third kappa shape index (κ3) is 2.19. The number of carboxylic acids is 1. The Morgan fingerprint density at radius 3 is 2.82 bits per heavy atom. The zero-order chi connectivity index (χ0) is 12.4. The van der Waals surface area contributed by atoms with E-state index in [0.29, 0.717) is 0 Å². The van der Waals surface area contributed by atoms with Crippen LogP contribution in [0.3, 0.4) is 0 Å². The summed E-state index contributed by atoms with van der Waals surface area (Å²) in [6.07, 6.45) is 0. The molecule has 0 spiro atoms. The number of carboxylic acid groups (broad SMARTS) is 1. The molecule has 0 aliphatic rings. The molecule has 88 valence electrons. The first kappa shape index (κ1) is 11.0. The quantitative estimate of drug-likeness (QED) is 0.740. The van der Waals surface area contributed by atoms with Crippen molar-refractivity contribution >= 4 is 5.97 Å². The normalized spacial score (nSPS) is 10.4. The summed E-state index contributed by atoms with van der Waals surface area (Å²) in [5.74, 6) is -0.894. The van der Waals surface area contributed by atoms with Gasteiger partial charge in [0.1, 0.15) is 5.69 Å². The van der Waals surface area contributed by atoms with E-state index >= 15 is 0 Å². The van der Waals surface area contributed by atoms with Crippen LogP contribution in [0, 0.1) is 0 Å². The summed E-state index contributed by atoms with van der Waals surface area (Å²) in [6, 6.07) is 4.02. The van der Waals surface area contributed by atoms with Gasteiger partial charge in [-0.15, -0.1) is 10.2 Å². The molecule has 0 unspecified atom stereocenters. The molecular formula is C9H9N5O3. The van der Waals surface area contributed by atoms with Gasteiger partial charge in [-0.25, -0.2) is 4.79 Å². The van der Waals surface area contributed by atoms with Gasteiger partial charge in [0.2, 0.25) is 0 Å². The highest BCUT2D eigenvalue weighted by molar-refractivity contribution is 5.85. The predicted octanol–water partition coefficient (Wildman–Crippen LogP) is -0.882. The third-order valence-electron chi connectivity index (χ3n) is 2.12. The molecular weight excluding hydrogens is 226 g/mol. The minimum atomic E-state index is -1.17. The number of nitrogens with zero attached hydrogens (tertiary/aromatic N) is 5. The largest absolute Gasteiger partial charge is 0.477 e. The number of aryl methyl sites for hydroxylation is 1. The van der Waals surface area contributed by atoms with Gasteiger partial charge in [0.25, 0.3) is 5.56 Å². The first-order chi connectivity index (χ1) is 8.08. The van der Waals surface area contributed by atoms with Gasteiger partial charge >= 0.3 is 5.97 Å². The summed E-state index contributed by atoms with van der Waals surface area (Å²) in [4.78, 5) is 23.8. The highest BCUT2D eigenvalue weighted by Gasteiger charge is 2.12. The Balaban J connectivity index is 2.44. The van der Waals surface area contributed by atoms with Gasteiger partial charge in [-0.2, -0.15) is 4.80 Å². The van der Waals surface area contributed by atoms with E-state index in [2.05, 4.69) is 15.4 Å². The molecule has 0 fully saturated rings. The molecule has 8 nitrogen and oxygen atoms in total. The van der Waals surface area contributed by atoms with Crippen LogP contribution < -0.4 is 5.56 Å². The summed E-state index contributed by atoms with van der Waals surface area (Å²) < 4.78 is 1.08. The van der Waals surface area contributed by atoms with Crippen LogP contribution in [-0.2, 0) is 13.6 Å². The average molecular weight is 235 g/mol. The molecule has 0 aromatic carbocycles. The van der Waals surface area contributed by atoms with Crippen molar-refractivity contribution in [1.29, 1.82) is 0 Å². The van der Waals surface area contributed by atoms with E-state index in [-0.39, 0.29) is 18.1 Å². The maximum atomic E-state index is 11.6. The topological polar surface area (TPSA) is 103 Å². The van der Waals surface area contributed by atoms with Gasteiger partial charge in [-0.3, -0.25) is 9.36 Å². The van der Waals surface area contributed by atoms with Crippen molar-refractivity contribution < 1.29 is 9.90 Å². The van der Waals surface area contributed by atoms with Crippen molar-refractivity contribution in [2.45, 2.75) is 6.54 Å². The summed E-state index contributed by atoms with van der Waals surface area (Å²) in [7, 11) is 1.59. The van der Waals surface area contributed by atoms with Gasteiger partial charge < -0.3 is 5.11 Å². The van der Waals surface area contributed by atoms with E-state index < -0.39 is 11.5 Å². The van der Waals surface area contributed by atoms with E-state index in [0.717, 1.165) is 4.57 Å². The first-order valence-electron chi connectivity index (χ1n) is 4.74. The Labute approximate surface area is 95.1 Å². The van der Waals surface area contributed by atoms with Crippen molar-refractivity contribution in [3.05, 3.63) is 40.1 Å². The zero-order valence-electron chi connectivity index (χ0n) is 8.94. The summed E-state index contributed by atoms with van der Waals surface area (Å²) in [6.45, 7) is -0.0187. The fourth-order valence-electron chi connectivity index (χ4n) is 1.40. The molecule has 2 heterocycles. The molecule has 2 aromatic rings.